The van der Waals surface area contributed by atoms with Crippen LogP contribution in [0.3, 0.4) is 0 Å². The topological polar surface area (TPSA) is 49.4 Å². The number of thioether (sulfide) groups is 1. The second-order valence-electron chi connectivity index (χ2n) is 7.62. The van der Waals surface area contributed by atoms with E-state index in [9.17, 15) is 9.59 Å². The van der Waals surface area contributed by atoms with Crippen LogP contribution in [-0.2, 0) is 21.9 Å². The molecule has 0 aromatic heterocycles. The minimum atomic E-state index is -0.554. The van der Waals surface area contributed by atoms with Gasteiger partial charge in [-0.1, -0.05) is 60.5 Å². The molecule has 0 aliphatic rings. The molecule has 0 heterocycles. The second kappa shape index (κ2) is 12.0. The van der Waals surface area contributed by atoms with Crippen LogP contribution in [0.4, 0.5) is 0 Å². The normalized spacial score (nSPS) is 12.8. The Bertz CT molecular complexity index is 824. The van der Waals surface area contributed by atoms with Gasteiger partial charge in [-0.3, -0.25) is 9.59 Å². The molecule has 0 fully saturated rings. The first kappa shape index (κ1) is 24.3. The van der Waals surface area contributed by atoms with Crippen LogP contribution in [0, 0.1) is 6.92 Å². The van der Waals surface area contributed by atoms with E-state index < -0.39 is 6.04 Å². The Morgan fingerprint density at radius 1 is 1.03 bits per heavy atom. The molecule has 30 heavy (non-hydrogen) atoms. The van der Waals surface area contributed by atoms with Crippen molar-refractivity contribution >= 4 is 35.2 Å². The van der Waals surface area contributed by atoms with Crippen LogP contribution in [-0.4, -0.2) is 34.6 Å². The standard InChI is InChI=1S/C24H31ClN2O2S/c1-5-18(3)26-24(29)19(4)27(14-20-10-12-22(25)13-11-20)23(28)16-30-15-21-8-6-17(2)7-9-21/h6-13,18-19H,5,14-16H2,1-4H3,(H,26,29)/t18-,19-/m1/s1. The summed E-state index contributed by atoms with van der Waals surface area (Å²) in [6.07, 6.45) is 0.843. The summed E-state index contributed by atoms with van der Waals surface area (Å²) < 4.78 is 0. The largest absolute Gasteiger partial charge is 0.352 e. The molecule has 2 aromatic rings. The van der Waals surface area contributed by atoms with Gasteiger partial charge < -0.3 is 10.2 Å². The van der Waals surface area contributed by atoms with Gasteiger partial charge >= 0.3 is 0 Å². The quantitative estimate of drug-likeness (QED) is 0.544. The summed E-state index contributed by atoms with van der Waals surface area (Å²) in [5, 5.41) is 3.63. The highest BCUT2D eigenvalue weighted by Gasteiger charge is 2.26. The zero-order valence-electron chi connectivity index (χ0n) is 18.2. The van der Waals surface area contributed by atoms with Crippen molar-refractivity contribution in [2.24, 2.45) is 0 Å². The Balaban J connectivity index is 2.06. The maximum absolute atomic E-state index is 13.1. The number of nitrogens with one attached hydrogen (secondary N) is 1. The van der Waals surface area contributed by atoms with E-state index in [0.717, 1.165) is 17.7 Å². The van der Waals surface area contributed by atoms with Gasteiger partial charge in [0.2, 0.25) is 11.8 Å². The van der Waals surface area contributed by atoms with E-state index >= 15 is 0 Å². The summed E-state index contributed by atoms with van der Waals surface area (Å²) in [7, 11) is 0. The lowest BCUT2D eigenvalue weighted by atomic mass is 10.1. The highest BCUT2D eigenvalue weighted by Crippen LogP contribution is 2.17. The summed E-state index contributed by atoms with van der Waals surface area (Å²) in [6, 6.07) is 15.2. The van der Waals surface area contributed by atoms with Gasteiger partial charge in [0.05, 0.1) is 5.75 Å². The lowest BCUT2D eigenvalue weighted by molar-refractivity contribution is -0.138. The van der Waals surface area contributed by atoms with Crippen molar-refractivity contribution in [3.63, 3.8) is 0 Å². The minimum Gasteiger partial charge on any atom is -0.352 e. The van der Waals surface area contributed by atoms with Crippen LogP contribution in [0.25, 0.3) is 0 Å². The molecule has 4 nitrogen and oxygen atoms in total. The van der Waals surface area contributed by atoms with E-state index in [4.69, 9.17) is 11.6 Å². The molecule has 2 atom stereocenters. The summed E-state index contributed by atoms with van der Waals surface area (Å²) in [5.41, 5.74) is 3.35. The molecule has 1 N–H and O–H groups in total. The number of carbonyl (C=O) groups excluding carboxylic acids is 2. The minimum absolute atomic E-state index is 0.0473. The third-order valence-electron chi connectivity index (χ3n) is 5.05. The highest BCUT2D eigenvalue weighted by atomic mass is 35.5. The predicted octanol–water partition coefficient (Wildman–Crippen LogP) is 5.21. The van der Waals surface area contributed by atoms with Crippen LogP contribution in [0.1, 0.15) is 43.9 Å². The fourth-order valence-electron chi connectivity index (χ4n) is 2.86. The van der Waals surface area contributed by atoms with E-state index in [0.29, 0.717) is 17.3 Å². The summed E-state index contributed by atoms with van der Waals surface area (Å²) >= 11 is 7.55. The lowest BCUT2D eigenvalue weighted by Crippen LogP contribution is -2.50. The number of hydrogen-bond acceptors (Lipinski definition) is 3. The average molecular weight is 447 g/mol. The molecule has 0 unspecified atom stereocenters. The van der Waals surface area contributed by atoms with Gasteiger partial charge in [-0.05, 0) is 50.5 Å². The molecule has 0 saturated heterocycles. The second-order valence-corrected chi connectivity index (χ2v) is 9.04. The van der Waals surface area contributed by atoms with Crippen LogP contribution in [0.2, 0.25) is 5.02 Å². The fraction of sp³-hybridized carbons (Fsp3) is 0.417. The number of rotatable bonds is 10. The third-order valence-corrected chi connectivity index (χ3v) is 6.29. The molecular weight excluding hydrogens is 416 g/mol. The Morgan fingerprint density at radius 3 is 2.23 bits per heavy atom. The van der Waals surface area contributed by atoms with Gasteiger partial charge in [0, 0.05) is 23.4 Å². The fourth-order valence-corrected chi connectivity index (χ4v) is 3.85. The Hall–Kier alpha value is -1.98. The zero-order chi connectivity index (χ0) is 22.1. The van der Waals surface area contributed by atoms with E-state index in [1.807, 2.05) is 26.0 Å². The molecule has 2 rings (SSSR count). The third kappa shape index (κ3) is 7.69. The molecule has 0 saturated carbocycles. The van der Waals surface area contributed by atoms with Gasteiger partial charge in [-0.2, -0.15) is 0 Å². The molecule has 6 heteroatoms. The SMILES string of the molecule is CC[C@@H](C)NC(=O)[C@@H](C)N(Cc1ccc(Cl)cc1)C(=O)CSCc1ccc(C)cc1. The number of nitrogens with zero attached hydrogens (tertiary/aromatic N) is 1. The molecule has 2 aromatic carbocycles. The number of halogens is 1. The van der Waals surface area contributed by atoms with Crippen LogP contribution < -0.4 is 5.32 Å². The summed E-state index contributed by atoms with van der Waals surface area (Å²) in [5.74, 6) is 0.903. The first-order valence-corrected chi connectivity index (χ1v) is 11.8. The lowest BCUT2D eigenvalue weighted by Gasteiger charge is -2.29. The van der Waals surface area contributed by atoms with Crippen molar-refractivity contribution < 1.29 is 9.59 Å². The number of amides is 2. The van der Waals surface area contributed by atoms with Gasteiger partial charge in [0.1, 0.15) is 6.04 Å². The van der Waals surface area contributed by atoms with Crippen LogP contribution in [0.15, 0.2) is 48.5 Å². The molecule has 0 bridgehead atoms. The molecule has 0 aliphatic carbocycles. The van der Waals surface area contributed by atoms with Gasteiger partial charge in [0.15, 0.2) is 0 Å². The number of aryl methyl sites for hydroxylation is 1. The van der Waals surface area contributed by atoms with Crippen molar-refractivity contribution in [2.45, 2.75) is 58.5 Å². The maximum Gasteiger partial charge on any atom is 0.242 e. The van der Waals surface area contributed by atoms with Crippen LogP contribution >= 0.6 is 23.4 Å². The molecular formula is C24H31ClN2O2S. The van der Waals surface area contributed by atoms with Gasteiger partial charge in [-0.15, -0.1) is 11.8 Å². The molecule has 0 spiro atoms. The van der Waals surface area contributed by atoms with Gasteiger partial charge in [-0.25, -0.2) is 0 Å². The monoisotopic (exact) mass is 446 g/mol. The number of carbonyl (C=O) groups is 2. The van der Waals surface area contributed by atoms with Crippen molar-refractivity contribution in [3.8, 4) is 0 Å². The Labute approximate surface area is 189 Å². The van der Waals surface area contributed by atoms with E-state index in [1.165, 1.54) is 11.1 Å². The van der Waals surface area contributed by atoms with Crippen LogP contribution in [0.5, 0.6) is 0 Å². The Morgan fingerprint density at radius 2 is 1.63 bits per heavy atom. The Kier molecular flexibility index (Phi) is 9.73. The number of benzene rings is 2. The maximum atomic E-state index is 13.1. The first-order chi connectivity index (χ1) is 14.3. The van der Waals surface area contributed by atoms with Crippen molar-refractivity contribution in [1.82, 2.24) is 10.2 Å². The van der Waals surface area contributed by atoms with E-state index in [2.05, 4.69) is 36.5 Å². The van der Waals surface area contributed by atoms with Crippen molar-refractivity contribution in [1.29, 1.82) is 0 Å². The molecule has 0 aliphatic heterocycles. The average Bonchev–Trinajstić information content (AvgIpc) is 2.74. The smallest absolute Gasteiger partial charge is 0.242 e. The van der Waals surface area contributed by atoms with Crippen molar-refractivity contribution in [2.75, 3.05) is 5.75 Å². The molecule has 2 amide bonds. The predicted molar refractivity (Wildman–Crippen MR) is 127 cm³/mol. The summed E-state index contributed by atoms with van der Waals surface area (Å²) in [4.78, 5) is 27.4. The first-order valence-electron chi connectivity index (χ1n) is 10.3. The molecule has 0 radical (unpaired) electrons. The van der Waals surface area contributed by atoms with Crippen molar-refractivity contribution in [3.05, 3.63) is 70.2 Å². The zero-order valence-corrected chi connectivity index (χ0v) is 19.7. The van der Waals surface area contributed by atoms with E-state index in [1.54, 1.807) is 35.7 Å². The van der Waals surface area contributed by atoms with Gasteiger partial charge in [0.25, 0.3) is 0 Å². The van der Waals surface area contributed by atoms with E-state index in [-0.39, 0.29) is 17.9 Å². The molecule has 162 valence electrons. The number of hydrogen-bond donors (Lipinski definition) is 1. The summed E-state index contributed by atoms with van der Waals surface area (Å²) in [6.45, 7) is 8.20. The highest BCUT2D eigenvalue weighted by molar-refractivity contribution is 7.99.